The summed E-state index contributed by atoms with van der Waals surface area (Å²) in [6.07, 6.45) is 0. The third-order valence-corrected chi connectivity index (χ3v) is 9.62. The highest BCUT2D eigenvalue weighted by Gasteiger charge is 2.13. The Kier molecular flexibility index (Phi) is 6.91. The van der Waals surface area contributed by atoms with Crippen molar-refractivity contribution in [1.29, 1.82) is 0 Å². The second-order valence-corrected chi connectivity index (χ2v) is 12.5. The number of rotatable bonds is 5. The molecule has 0 saturated carbocycles. The molecule has 0 bridgehead atoms. The Morgan fingerprint density at radius 1 is 0.146 bits per heavy atom. The Bertz CT molecular complexity index is 2500. The molecule has 48 heavy (non-hydrogen) atoms. The summed E-state index contributed by atoms with van der Waals surface area (Å²) in [5.74, 6) is 0. The van der Waals surface area contributed by atoms with Crippen LogP contribution < -0.4 is 0 Å². The molecule has 0 radical (unpaired) electrons. The van der Waals surface area contributed by atoms with Crippen LogP contribution in [0.2, 0.25) is 0 Å². The Morgan fingerprint density at radius 3 is 0.917 bits per heavy atom. The lowest BCUT2D eigenvalue weighted by molar-refractivity contribution is 1.56. The van der Waals surface area contributed by atoms with Crippen LogP contribution in [0.15, 0.2) is 194 Å². The molecule has 0 aliphatic rings. The topological polar surface area (TPSA) is 0 Å². The van der Waals surface area contributed by atoms with Crippen molar-refractivity contribution >= 4 is 32.3 Å². The molecule has 0 spiro atoms. The molecular weight excluding hydrogens is 577 g/mol. The standard InChI is InChI=1S/C48H32/c1-4-13-33(14-5-1)38-23-25-45-46-26-24-39(32-48(46)44-22-11-10-21-43(44)47(45)31-38)36-19-12-20-37(27-36)42-29-40(34-15-6-2-7-16-34)28-41(30-42)35-17-8-3-9-18-35/h1-32H. The maximum Gasteiger partial charge on any atom is -0.00928 e. The van der Waals surface area contributed by atoms with Gasteiger partial charge in [-0.3, -0.25) is 0 Å². The van der Waals surface area contributed by atoms with Crippen molar-refractivity contribution < 1.29 is 0 Å². The maximum absolute atomic E-state index is 2.39. The third kappa shape index (κ3) is 5.05. The molecule has 0 fully saturated rings. The molecule has 224 valence electrons. The number of fused-ring (bicyclic) bond motifs is 6. The average molecular weight is 609 g/mol. The van der Waals surface area contributed by atoms with Crippen LogP contribution in [-0.2, 0) is 0 Å². The molecule has 0 N–H and O–H groups in total. The summed E-state index contributed by atoms with van der Waals surface area (Å²) in [7, 11) is 0. The summed E-state index contributed by atoms with van der Waals surface area (Å²) < 4.78 is 0. The maximum atomic E-state index is 2.39. The van der Waals surface area contributed by atoms with Crippen molar-refractivity contribution in [3.05, 3.63) is 194 Å². The summed E-state index contributed by atoms with van der Waals surface area (Å²) in [4.78, 5) is 0. The van der Waals surface area contributed by atoms with E-state index in [0.717, 1.165) is 0 Å². The van der Waals surface area contributed by atoms with Crippen molar-refractivity contribution in [3.8, 4) is 55.6 Å². The van der Waals surface area contributed by atoms with Gasteiger partial charge in [-0.05, 0) is 124 Å². The van der Waals surface area contributed by atoms with Gasteiger partial charge in [0.25, 0.3) is 0 Å². The molecular formula is C48H32. The van der Waals surface area contributed by atoms with Gasteiger partial charge in [-0.15, -0.1) is 0 Å². The molecule has 0 aliphatic heterocycles. The molecule has 0 aromatic heterocycles. The van der Waals surface area contributed by atoms with Crippen molar-refractivity contribution in [1.82, 2.24) is 0 Å². The molecule has 0 aliphatic carbocycles. The van der Waals surface area contributed by atoms with Crippen molar-refractivity contribution in [2.45, 2.75) is 0 Å². The zero-order chi connectivity index (χ0) is 31.9. The number of benzene rings is 9. The van der Waals surface area contributed by atoms with E-state index in [1.165, 1.54) is 88.0 Å². The molecule has 0 nitrogen and oxygen atoms in total. The van der Waals surface area contributed by atoms with E-state index in [0.29, 0.717) is 0 Å². The third-order valence-electron chi connectivity index (χ3n) is 9.62. The van der Waals surface area contributed by atoms with Crippen molar-refractivity contribution in [2.75, 3.05) is 0 Å². The summed E-state index contributed by atoms with van der Waals surface area (Å²) in [6, 6.07) is 70.7. The van der Waals surface area contributed by atoms with Gasteiger partial charge in [0.05, 0.1) is 0 Å². The van der Waals surface area contributed by atoms with Crippen LogP contribution in [0.5, 0.6) is 0 Å². The normalized spacial score (nSPS) is 11.3. The van der Waals surface area contributed by atoms with E-state index >= 15 is 0 Å². The Labute approximate surface area is 281 Å². The van der Waals surface area contributed by atoms with Gasteiger partial charge in [0.2, 0.25) is 0 Å². The number of hydrogen-bond acceptors (Lipinski definition) is 0. The summed E-state index contributed by atoms with van der Waals surface area (Å²) in [6.45, 7) is 0. The highest BCUT2D eigenvalue weighted by atomic mass is 14.2. The van der Waals surface area contributed by atoms with Gasteiger partial charge < -0.3 is 0 Å². The van der Waals surface area contributed by atoms with Crippen LogP contribution >= 0.6 is 0 Å². The van der Waals surface area contributed by atoms with Gasteiger partial charge in [-0.25, -0.2) is 0 Å². The average Bonchev–Trinajstić information content (AvgIpc) is 3.18. The second kappa shape index (κ2) is 11.8. The van der Waals surface area contributed by atoms with E-state index < -0.39 is 0 Å². The lowest BCUT2D eigenvalue weighted by Crippen LogP contribution is -1.88. The zero-order valence-corrected chi connectivity index (χ0v) is 26.5. The first-order chi connectivity index (χ1) is 23.8. The Balaban J connectivity index is 1.18. The minimum absolute atomic E-state index is 1.21. The van der Waals surface area contributed by atoms with Crippen LogP contribution in [0.3, 0.4) is 0 Å². The first kappa shape index (κ1) is 28.0. The van der Waals surface area contributed by atoms with E-state index in [4.69, 9.17) is 0 Å². The predicted molar refractivity (Wildman–Crippen MR) is 206 cm³/mol. The molecule has 0 amide bonds. The van der Waals surface area contributed by atoms with Gasteiger partial charge in [-0.2, -0.15) is 0 Å². The van der Waals surface area contributed by atoms with Crippen LogP contribution in [0, 0.1) is 0 Å². The highest BCUT2D eigenvalue weighted by molar-refractivity contribution is 6.26. The van der Waals surface area contributed by atoms with Crippen molar-refractivity contribution in [3.63, 3.8) is 0 Å². The summed E-state index contributed by atoms with van der Waals surface area (Å²) in [5.41, 5.74) is 12.2. The zero-order valence-electron chi connectivity index (χ0n) is 26.5. The molecule has 0 saturated heterocycles. The molecule has 0 heteroatoms. The van der Waals surface area contributed by atoms with Gasteiger partial charge in [0, 0.05) is 0 Å². The van der Waals surface area contributed by atoms with Crippen LogP contribution in [0.4, 0.5) is 0 Å². The SMILES string of the molecule is c1ccc(-c2cc(-c3ccccc3)cc(-c3cccc(-c4ccc5c6ccc(-c7ccccc7)cc6c6ccccc6c5c4)c3)c2)cc1. The van der Waals surface area contributed by atoms with Gasteiger partial charge in [-0.1, -0.05) is 158 Å². The Morgan fingerprint density at radius 2 is 0.438 bits per heavy atom. The van der Waals surface area contributed by atoms with Gasteiger partial charge in [0.1, 0.15) is 0 Å². The van der Waals surface area contributed by atoms with Crippen LogP contribution in [-0.4, -0.2) is 0 Å². The minimum Gasteiger partial charge on any atom is -0.0622 e. The van der Waals surface area contributed by atoms with Crippen LogP contribution in [0.1, 0.15) is 0 Å². The molecule has 9 aromatic rings. The van der Waals surface area contributed by atoms with Crippen LogP contribution in [0.25, 0.3) is 88.0 Å². The van der Waals surface area contributed by atoms with E-state index in [-0.39, 0.29) is 0 Å². The lowest BCUT2D eigenvalue weighted by atomic mass is 9.89. The quantitative estimate of drug-likeness (QED) is 0.171. The van der Waals surface area contributed by atoms with Gasteiger partial charge >= 0.3 is 0 Å². The molecule has 0 atom stereocenters. The first-order valence-electron chi connectivity index (χ1n) is 16.6. The fourth-order valence-electron chi connectivity index (χ4n) is 7.21. The molecule has 0 heterocycles. The van der Waals surface area contributed by atoms with E-state index in [1.807, 2.05) is 0 Å². The Hall–Kier alpha value is -6.24. The number of hydrogen-bond donors (Lipinski definition) is 0. The van der Waals surface area contributed by atoms with E-state index in [1.54, 1.807) is 0 Å². The predicted octanol–water partition coefficient (Wildman–Crippen LogP) is 13.5. The highest BCUT2D eigenvalue weighted by Crippen LogP contribution is 2.40. The fourth-order valence-corrected chi connectivity index (χ4v) is 7.21. The minimum atomic E-state index is 1.21. The van der Waals surface area contributed by atoms with Crippen molar-refractivity contribution in [2.24, 2.45) is 0 Å². The summed E-state index contributed by atoms with van der Waals surface area (Å²) >= 11 is 0. The summed E-state index contributed by atoms with van der Waals surface area (Å²) in [5, 5.41) is 7.72. The van der Waals surface area contributed by atoms with E-state index in [9.17, 15) is 0 Å². The van der Waals surface area contributed by atoms with Gasteiger partial charge in [0.15, 0.2) is 0 Å². The first-order valence-corrected chi connectivity index (χ1v) is 16.6. The molecule has 9 rings (SSSR count). The smallest absolute Gasteiger partial charge is 0.00928 e. The molecule has 9 aromatic carbocycles. The fraction of sp³-hybridized carbons (Fsp3) is 0. The monoisotopic (exact) mass is 608 g/mol. The largest absolute Gasteiger partial charge is 0.0622 e. The van der Waals surface area contributed by atoms with E-state index in [2.05, 4.69) is 194 Å². The second-order valence-electron chi connectivity index (χ2n) is 12.5. The lowest BCUT2D eigenvalue weighted by Gasteiger charge is -2.14. The molecule has 0 unspecified atom stereocenters.